The maximum absolute atomic E-state index is 12.9. The van der Waals surface area contributed by atoms with Gasteiger partial charge in [-0.1, -0.05) is 24.3 Å². The van der Waals surface area contributed by atoms with Crippen molar-refractivity contribution in [3.63, 3.8) is 0 Å². The Kier molecular flexibility index (Phi) is 3.85. The molecule has 1 aromatic heterocycles. The standard InChI is InChI=1S/C14H13F3N2/c15-14(16,17)12-7-2-1-6-11(12)13(18)9-10-5-3-4-8-19-10/h1-8,13H,9,18H2. The van der Waals surface area contributed by atoms with E-state index >= 15 is 0 Å². The highest BCUT2D eigenvalue weighted by atomic mass is 19.4. The predicted octanol–water partition coefficient (Wildman–Crippen LogP) is 3.34. The molecule has 100 valence electrons. The maximum Gasteiger partial charge on any atom is 0.416 e. The summed E-state index contributed by atoms with van der Waals surface area (Å²) in [7, 11) is 0. The number of halogens is 3. The van der Waals surface area contributed by atoms with E-state index in [1.54, 1.807) is 30.5 Å². The van der Waals surface area contributed by atoms with Gasteiger partial charge in [0.1, 0.15) is 0 Å². The van der Waals surface area contributed by atoms with Crippen LogP contribution in [0.1, 0.15) is 22.9 Å². The Hall–Kier alpha value is -1.88. The lowest BCUT2D eigenvalue weighted by Crippen LogP contribution is -2.19. The third kappa shape index (κ3) is 3.32. The Bertz CT molecular complexity index is 538. The number of alkyl halides is 3. The van der Waals surface area contributed by atoms with Crippen molar-refractivity contribution in [2.75, 3.05) is 0 Å². The molecule has 0 aliphatic heterocycles. The van der Waals surface area contributed by atoms with E-state index in [1.807, 2.05) is 0 Å². The Labute approximate surface area is 109 Å². The van der Waals surface area contributed by atoms with Crippen LogP contribution in [-0.2, 0) is 12.6 Å². The van der Waals surface area contributed by atoms with Gasteiger partial charge in [-0.15, -0.1) is 0 Å². The number of pyridine rings is 1. The first kappa shape index (κ1) is 13.5. The zero-order chi connectivity index (χ0) is 13.9. The molecule has 2 nitrogen and oxygen atoms in total. The van der Waals surface area contributed by atoms with E-state index in [0.29, 0.717) is 5.69 Å². The van der Waals surface area contributed by atoms with Gasteiger partial charge in [-0.25, -0.2) is 0 Å². The molecule has 1 aromatic carbocycles. The Morgan fingerprint density at radius 2 is 1.74 bits per heavy atom. The van der Waals surface area contributed by atoms with Gasteiger partial charge in [-0.05, 0) is 23.8 Å². The van der Waals surface area contributed by atoms with Gasteiger partial charge in [-0.3, -0.25) is 4.98 Å². The summed E-state index contributed by atoms with van der Waals surface area (Å²) < 4.78 is 38.6. The highest BCUT2D eigenvalue weighted by Crippen LogP contribution is 2.34. The minimum Gasteiger partial charge on any atom is -0.324 e. The zero-order valence-electron chi connectivity index (χ0n) is 10.1. The molecule has 0 spiro atoms. The van der Waals surface area contributed by atoms with E-state index in [0.717, 1.165) is 6.07 Å². The van der Waals surface area contributed by atoms with Gasteiger partial charge in [0.05, 0.1) is 5.56 Å². The number of nitrogens with two attached hydrogens (primary N) is 1. The molecular weight excluding hydrogens is 253 g/mol. The Balaban J connectivity index is 2.27. The molecule has 2 rings (SSSR count). The lowest BCUT2D eigenvalue weighted by atomic mass is 9.97. The fourth-order valence-corrected chi connectivity index (χ4v) is 1.93. The van der Waals surface area contributed by atoms with Crippen molar-refractivity contribution >= 4 is 0 Å². The molecule has 0 aliphatic carbocycles. The van der Waals surface area contributed by atoms with Crippen LogP contribution >= 0.6 is 0 Å². The summed E-state index contributed by atoms with van der Waals surface area (Å²) in [6, 6.07) is 9.93. The van der Waals surface area contributed by atoms with Crippen LogP contribution in [0.3, 0.4) is 0 Å². The van der Waals surface area contributed by atoms with Gasteiger partial charge in [0, 0.05) is 24.4 Å². The average Bonchev–Trinajstić information content (AvgIpc) is 2.39. The smallest absolute Gasteiger partial charge is 0.324 e. The second-order valence-electron chi connectivity index (χ2n) is 4.22. The van der Waals surface area contributed by atoms with Gasteiger partial charge < -0.3 is 5.73 Å². The monoisotopic (exact) mass is 266 g/mol. The molecule has 0 radical (unpaired) electrons. The minimum atomic E-state index is -4.39. The van der Waals surface area contributed by atoms with Crippen LogP contribution in [0, 0.1) is 0 Å². The Morgan fingerprint density at radius 3 is 2.37 bits per heavy atom. The van der Waals surface area contributed by atoms with Crippen molar-refractivity contribution in [2.45, 2.75) is 18.6 Å². The lowest BCUT2D eigenvalue weighted by Gasteiger charge is -2.17. The van der Waals surface area contributed by atoms with Gasteiger partial charge in [-0.2, -0.15) is 13.2 Å². The number of hydrogen-bond acceptors (Lipinski definition) is 2. The highest BCUT2D eigenvalue weighted by molar-refractivity contribution is 5.33. The summed E-state index contributed by atoms with van der Waals surface area (Å²) in [6.07, 6.45) is -2.52. The fraction of sp³-hybridized carbons (Fsp3) is 0.214. The Morgan fingerprint density at radius 1 is 1.05 bits per heavy atom. The summed E-state index contributed by atoms with van der Waals surface area (Å²) in [6.45, 7) is 0. The minimum absolute atomic E-state index is 0.0978. The molecule has 0 saturated heterocycles. The van der Waals surface area contributed by atoms with Crippen LogP contribution < -0.4 is 5.73 Å². The highest BCUT2D eigenvalue weighted by Gasteiger charge is 2.34. The van der Waals surface area contributed by atoms with E-state index in [-0.39, 0.29) is 12.0 Å². The molecule has 0 amide bonds. The van der Waals surface area contributed by atoms with E-state index in [9.17, 15) is 13.2 Å². The molecule has 2 aromatic rings. The third-order valence-electron chi connectivity index (χ3n) is 2.82. The van der Waals surface area contributed by atoms with Crippen molar-refractivity contribution in [1.82, 2.24) is 4.98 Å². The van der Waals surface area contributed by atoms with Gasteiger partial charge in [0.25, 0.3) is 0 Å². The molecule has 0 fully saturated rings. The summed E-state index contributed by atoms with van der Waals surface area (Å²) in [5.41, 5.74) is 5.97. The molecule has 1 unspecified atom stereocenters. The van der Waals surface area contributed by atoms with Crippen LogP contribution in [-0.4, -0.2) is 4.98 Å². The number of benzene rings is 1. The van der Waals surface area contributed by atoms with Crippen LogP contribution in [0.2, 0.25) is 0 Å². The van der Waals surface area contributed by atoms with E-state index in [4.69, 9.17) is 5.73 Å². The van der Waals surface area contributed by atoms with Crippen molar-refractivity contribution in [2.24, 2.45) is 5.73 Å². The van der Waals surface area contributed by atoms with Crippen LogP contribution in [0.4, 0.5) is 13.2 Å². The van der Waals surface area contributed by atoms with E-state index < -0.39 is 17.8 Å². The van der Waals surface area contributed by atoms with Gasteiger partial charge in [0.15, 0.2) is 0 Å². The SMILES string of the molecule is NC(Cc1ccccn1)c1ccccc1C(F)(F)F. The second-order valence-corrected chi connectivity index (χ2v) is 4.22. The molecule has 1 heterocycles. The number of aromatic nitrogens is 1. The van der Waals surface area contributed by atoms with Gasteiger partial charge >= 0.3 is 6.18 Å². The van der Waals surface area contributed by atoms with Crippen LogP contribution in [0.25, 0.3) is 0 Å². The van der Waals surface area contributed by atoms with E-state index in [2.05, 4.69) is 4.98 Å². The van der Waals surface area contributed by atoms with Crippen molar-refractivity contribution < 1.29 is 13.2 Å². The molecule has 0 bridgehead atoms. The molecular formula is C14H13F3N2. The van der Waals surface area contributed by atoms with Crippen molar-refractivity contribution in [3.05, 3.63) is 65.5 Å². The first-order valence-corrected chi connectivity index (χ1v) is 5.80. The molecule has 1 atom stereocenters. The second kappa shape index (κ2) is 5.40. The summed E-state index contributed by atoms with van der Waals surface area (Å²) in [5, 5.41) is 0. The molecule has 0 saturated carbocycles. The number of nitrogens with zero attached hydrogens (tertiary/aromatic N) is 1. The van der Waals surface area contributed by atoms with Gasteiger partial charge in [0.2, 0.25) is 0 Å². The fourth-order valence-electron chi connectivity index (χ4n) is 1.93. The number of hydrogen-bond donors (Lipinski definition) is 1. The summed E-state index contributed by atoms with van der Waals surface area (Å²) in [4.78, 5) is 4.07. The molecule has 19 heavy (non-hydrogen) atoms. The largest absolute Gasteiger partial charge is 0.416 e. The van der Waals surface area contributed by atoms with Crippen LogP contribution in [0.15, 0.2) is 48.7 Å². The molecule has 2 N–H and O–H groups in total. The normalized spacial score (nSPS) is 13.3. The lowest BCUT2D eigenvalue weighted by molar-refractivity contribution is -0.138. The predicted molar refractivity (Wildman–Crippen MR) is 66.3 cm³/mol. The average molecular weight is 266 g/mol. The topological polar surface area (TPSA) is 38.9 Å². The van der Waals surface area contributed by atoms with Crippen molar-refractivity contribution in [1.29, 1.82) is 0 Å². The quantitative estimate of drug-likeness (QED) is 0.925. The molecule has 0 aliphatic rings. The zero-order valence-corrected chi connectivity index (χ0v) is 10.1. The van der Waals surface area contributed by atoms with Crippen molar-refractivity contribution in [3.8, 4) is 0 Å². The van der Waals surface area contributed by atoms with E-state index in [1.165, 1.54) is 12.1 Å². The first-order valence-electron chi connectivity index (χ1n) is 5.80. The third-order valence-corrected chi connectivity index (χ3v) is 2.82. The first-order chi connectivity index (χ1) is 8.98. The number of rotatable bonds is 3. The summed E-state index contributed by atoms with van der Waals surface area (Å²) >= 11 is 0. The molecule has 5 heteroatoms. The summed E-state index contributed by atoms with van der Waals surface area (Å²) in [5.74, 6) is 0. The van der Waals surface area contributed by atoms with Crippen LogP contribution in [0.5, 0.6) is 0 Å². The maximum atomic E-state index is 12.9.